The van der Waals surface area contributed by atoms with Gasteiger partial charge in [0, 0.05) is 23.1 Å². The van der Waals surface area contributed by atoms with Gasteiger partial charge in [-0.3, -0.25) is 4.79 Å². The molecule has 1 aliphatic rings. The van der Waals surface area contributed by atoms with Crippen molar-refractivity contribution in [1.82, 2.24) is 4.90 Å². The van der Waals surface area contributed by atoms with E-state index in [2.05, 4.69) is 15.9 Å². The number of nitrogens with two attached hydrogens (primary N) is 1. The Morgan fingerprint density at radius 2 is 2.33 bits per heavy atom. The Hall–Kier alpha value is -0.580. The van der Waals surface area contributed by atoms with Gasteiger partial charge in [0.25, 0.3) is 5.91 Å². The van der Waals surface area contributed by atoms with Gasteiger partial charge in [-0.15, -0.1) is 0 Å². The van der Waals surface area contributed by atoms with Crippen LogP contribution in [0.4, 0.5) is 0 Å². The van der Waals surface area contributed by atoms with Crippen LogP contribution in [-0.4, -0.2) is 30.4 Å². The molecule has 1 fully saturated rings. The van der Waals surface area contributed by atoms with Crippen LogP contribution in [0.3, 0.4) is 0 Å². The highest BCUT2D eigenvalue weighted by molar-refractivity contribution is 9.10. The zero-order chi connectivity index (χ0) is 13.1. The minimum absolute atomic E-state index is 0.0607. The lowest BCUT2D eigenvalue weighted by Gasteiger charge is -2.32. The second-order valence-electron chi connectivity index (χ2n) is 4.62. The minimum Gasteiger partial charge on any atom is -0.338 e. The van der Waals surface area contributed by atoms with Gasteiger partial charge >= 0.3 is 0 Å². The van der Waals surface area contributed by atoms with Crippen molar-refractivity contribution in [3.05, 3.63) is 33.3 Å². The van der Waals surface area contributed by atoms with Crippen LogP contribution in [0.5, 0.6) is 0 Å². The minimum atomic E-state index is 0.0607. The number of likely N-dealkylation sites (tertiary alicyclic amines) is 1. The van der Waals surface area contributed by atoms with Crippen LogP contribution in [0.1, 0.15) is 23.2 Å². The smallest absolute Gasteiger partial charge is 0.253 e. The van der Waals surface area contributed by atoms with Crippen molar-refractivity contribution in [2.24, 2.45) is 11.7 Å². The van der Waals surface area contributed by atoms with E-state index in [4.69, 9.17) is 17.3 Å². The molecule has 1 heterocycles. The van der Waals surface area contributed by atoms with Crippen LogP contribution in [0, 0.1) is 5.92 Å². The summed E-state index contributed by atoms with van der Waals surface area (Å²) >= 11 is 9.27. The number of carbonyl (C=O) groups is 1. The molecule has 0 aromatic heterocycles. The Morgan fingerprint density at radius 3 is 3.00 bits per heavy atom. The number of piperidine rings is 1. The van der Waals surface area contributed by atoms with E-state index in [1.54, 1.807) is 18.2 Å². The van der Waals surface area contributed by atoms with Crippen molar-refractivity contribution in [2.45, 2.75) is 12.8 Å². The summed E-state index contributed by atoms with van der Waals surface area (Å²) in [6.45, 7) is 2.22. The second kappa shape index (κ2) is 6.04. The summed E-state index contributed by atoms with van der Waals surface area (Å²) in [4.78, 5) is 14.2. The van der Waals surface area contributed by atoms with Crippen LogP contribution < -0.4 is 5.73 Å². The molecule has 1 saturated heterocycles. The second-order valence-corrected chi connectivity index (χ2v) is 5.89. The van der Waals surface area contributed by atoms with Crippen LogP contribution in [0.25, 0.3) is 0 Å². The van der Waals surface area contributed by atoms with E-state index >= 15 is 0 Å². The van der Waals surface area contributed by atoms with Gasteiger partial charge in [-0.2, -0.15) is 0 Å². The Balaban J connectivity index is 2.12. The summed E-state index contributed by atoms with van der Waals surface area (Å²) < 4.78 is 0.752. The SMILES string of the molecule is NCC1CCCN(C(=O)c2ccc(Cl)c(Br)c2)C1. The van der Waals surface area contributed by atoms with Crippen molar-refractivity contribution >= 4 is 33.4 Å². The van der Waals surface area contributed by atoms with Gasteiger partial charge < -0.3 is 10.6 Å². The van der Waals surface area contributed by atoms with E-state index in [1.807, 2.05) is 4.90 Å². The molecule has 2 N–H and O–H groups in total. The molecule has 2 rings (SSSR count). The molecule has 0 aliphatic carbocycles. The first-order valence-electron chi connectivity index (χ1n) is 6.06. The average Bonchev–Trinajstić information content (AvgIpc) is 2.41. The van der Waals surface area contributed by atoms with Crippen molar-refractivity contribution in [3.63, 3.8) is 0 Å². The van der Waals surface area contributed by atoms with Crippen LogP contribution >= 0.6 is 27.5 Å². The van der Waals surface area contributed by atoms with Gasteiger partial charge in [0.15, 0.2) is 0 Å². The molecule has 0 spiro atoms. The third-order valence-electron chi connectivity index (χ3n) is 3.31. The Bertz CT molecular complexity index is 453. The molecule has 1 atom stereocenters. The lowest BCUT2D eigenvalue weighted by Crippen LogP contribution is -2.42. The lowest BCUT2D eigenvalue weighted by atomic mass is 9.97. The maximum atomic E-state index is 12.3. The van der Waals surface area contributed by atoms with Crippen molar-refractivity contribution < 1.29 is 4.79 Å². The van der Waals surface area contributed by atoms with E-state index in [1.165, 1.54) is 0 Å². The number of hydrogen-bond acceptors (Lipinski definition) is 2. The fraction of sp³-hybridized carbons (Fsp3) is 0.462. The van der Waals surface area contributed by atoms with Crippen molar-refractivity contribution in [2.75, 3.05) is 19.6 Å². The van der Waals surface area contributed by atoms with Gasteiger partial charge in [0.2, 0.25) is 0 Å². The largest absolute Gasteiger partial charge is 0.338 e. The summed E-state index contributed by atoms with van der Waals surface area (Å²) in [7, 11) is 0. The highest BCUT2D eigenvalue weighted by Crippen LogP contribution is 2.25. The summed E-state index contributed by atoms with van der Waals surface area (Å²) in [6, 6.07) is 5.28. The molecule has 98 valence electrons. The fourth-order valence-corrected chi connectivity index (χ4v) is 2.75. The number of halogens is 2. The Morgan fingerprint density at radius 1 is 1.56 bits per heavy atom. The topological polar surface area (TPSA) is 46.3 Å². The molecular weight excluding hydrogens is 316 g/mol. The number of hydrogen-bond donors (Lipinski definition) is 1. The fourth-order valence-electron chi connectivity index (χ4n) is 2.25. The molecule has 1 unspecified atom stereocenters. The Labute approximate surface area is 120 Å². The Kier molecular flexibility index (Phi) is 4.65. The monoisotopic (exact) mass is 330 g/mol. The van der Waals surface area contributed by atoms with E-state index in [9.17, 15) is 4.79 Å². The molecular formula is C13H16BrClN2O. The first-order valence-corrected chi connectivity index (χ1v) is 7.23. The zero-order valence-corrected chi connectivity index (χ0v) is 12.4. The summed E-state index contributed by atoms with van der Waals surface area (Å²) in [6.07, 6.45) is 2.15. The molecule has 1 aliphatic heterocycles. The van der Waals surface area contributed by atoms with Crippen LogP contribution in [0.15, 0.2) is 22.7 Å². The highest BCUT2D eigenvalue weighted by Gasteiger charge is 2.23. The van der Waals surface area contributed by atoms with E-state index in [0.717, 1.165) is 30.4 Å². The summed E-state index contributed by atoms with van der Waals surface area (Å²) in [5.41, 5.74) is 6.36. The zero-order valence-electron chi connectivity index (χ0n) is 10.0. The number of amides is 1. The molecule has 1 amide bonds. The molecule has 1 aromatic carbocycles. The third-order valence-corrected chi connectivity index (χ3v) is 4.52. The molecule has 5 heteroatoms. The molecule has 3 nitrogen and oxygen atoms in total. The van der Waals surface area contributed by atoms with Gasteiger partial charge in [0.1, 0.15) is 0 Å². The van der Waals surface area contributed by atoms with Crippen molar-refractivity contribution in [3.8, 4) is 0 Å². The predicted molar refractivity (Wildman–Crippen MR) is 76.8 cm³/mol. The summed E-state index contributed by atoms with van der Waals surface area (Å²) in [5.74, 6) is 0.490. The predicted octanol–water partition coefficient (Wildman–Crippen LogP) is 2.91. The molecule has 0 bridgehead atoms. The highest BCUT2D eigenvalue weighted by atomic mass is 79.9. The maximum Gasteiger partial charge on any atom is 0.253 e. The number of nitrogens with zero attached hydrogens (tertiary/aromatic N) is 1. The summed E-state index contributed by atoms with van der Waals surface area (Å²) in [5, 5.41) is 0.616. The lowest BCUT2D eigenvalue weighted by molar-refractivity contribution is 0.0678. The van der Waals surface area contributed by atoms with E-state index in [-0.39, 0.29) is 5.91 Å². The van der Waals surface area contributed by atoms with Gasteiger partial charge in [-0.1, -0.05) is 11.6 Å². The van der Waals surface area contributed by atoms with Crippen LogP contribution in [0.2, 0.25) is 5.02 Å². The number of benzene rings is 1. The normalized spacial score (nSPS) is 19.9. The molecule has 1 aromatic rings. The number of carbonyl (C=O) groups excluding carboxylic acids is 1. The standard InChI is InChI=1S/C13H16BrClN2O/c14-11-6-10(3-4-12(11)15)13(18)17-5-1-2-9(7-16)8-17/h3-4,6,9H,1-2,5,7-8,16H2. The third kappa shape index (κ3) is 3.05. The van der Waals surface area contributed by atoms with E-state index in [0.29, 0.717) is 23.0 Å². The molecule has 0 saturated carbocycles. The van der Waals surface area contributed by atoms with Crippen LogP contribution in [-0.2, 0) is 0 Å². The molecule has 18 heavy (non-hydrogen) atoms. The number of rotatable bonds is 2. The average molecular weight is 332 g/mol. The maximum absolute atomic E-state index is 12.3. The first kappa shape index (κ1) is 13.8. The first-order chi connectivity index (χ1) is 8.61. The van der Waals surface area contributed by atoms with Gasteiger partial charge in [0.05, 0.1) is 5.02 Å². The van der Waals surface area contributed by atoms with Gasteiger partial charge in [-0.05, 0) is 59.4 Å². The molecule has 0 radical (unpaired) electrons. The van der Waals surface area contributed by atoms with Crippen molar-refractivity contribution in [1.29, 1.82) is 0 Å². The quantitative estimate of drug-likeness (QED) is 0.905. The van der Waals surface area contributed by atoms with E-state index < -0.39 is 0 Å². The van der Waals surface area contributed by atoms with Gasteiger partial charge in [-0.25, -0.2) is 0 Å².